The summed E-state index contributed by atoms with van der Waals surface area (Å²) in [6.45, 7) is 2.06. The van der Waals surface area contributed by atoms with E-state index in [-0.39, 0.29) is 0 Å². The van der Waals surface area contributed by atoms with Crippen LogP contribution in [0.3, 0.4) is 0 Å². The summed E-state index contributed by atoms with van der Waals surface area (Å²) in [5, 5.41) is 11.1. The van der Waals surface area contributed by atoms with E-state index in [0.29, 0.717) is 0 Å². The third kappa shape index (κ3) is 1.27. The standard InChI is InChI=1S/C12H9N/c1-9-3-2-4-11-6-5-10(8-13)7-12(9)11/h2-7H,1H3. The first-order chi connectivity index (χ1) is 6.31. The number of benzene rings is 2. The molecule has 0 saturated carbocycles. The van der Waals surface area contributed by atoms with Crippen LogP contribution >= 0.6 is 0 Å². The number of aryl methyl sites for hydroxylation is 1. The van der Waals surface area contributed by atoms with Crippen LogP contribution in [0.25, 0.3) is 10.8 Å². The lowest BCUT2D eigenvalue weighted by Gasteiger charge is -2.00. The fourth-order valence-electron chi connectivity index (χ4n) is 1.50. The van der Waals surface area contributed by atoms with Crippen molar-refractivity contribution < 1.29 is 0 Å². The van der Waals surface area contributed by atoms with E-state index in [1.807, 2.05) is 24.3 Å². The van der Waals surface area contributed by atoms with Crippen LogP contribution in [0.2, 0.25) is 0 Å². The molecule has 0 aliphatic carbocycles. The summed E-state index contributed by atoms with van der Waals surface area (Å²) >= 11 is 0. The zero-order chi connectivity index (χ0) is 9.26. The Morgan fingerprint density at radius 1 is 1.15 bits per heavy atom. The Kier molecular flexibility index (Phi) is 1.75. The first-order valence-corrected chi connectivity index (χ1v) is 4.21. The Balaban J connectivity index is 2.84. The summed E-state index contributed by atoms with van der Waals surface area (Å²) in [5.74, 6) is 0. The molecule has 0 bridgehead atoms. The van der Waals surface area contributed by atoms with Crippen LogP contribution in [-0.2, 0) is 0 Å². The van der Waals surface area contributed by atoms with Crippen LogP contribution in [0.15, 0.2) is 36.4 Å². The molecule has 2 aromatic rings. The van der Waals surface area contributed by atoms with Gasteiger partial charge in [-0.15, -0.1) is 0 Å². The minimum absolute atomic E-state index is 0.724. The van der Waals surface area contributed by atoms with Crippen LogP contribution in [0, 0.1) is 18.3 Å². The fourth-order valence-corrected chi connectivity index (χ4v) is 1.50. The maximum Gasteiger partial charge on any atom is 0.0991 e. The SMILES string of the molecule is Cc1cccc2ccc(C#N)cc12. The number of nitriles is 1. The van der Waals surface area contributed by atoms with E-state index in [0.717, 1.165) is 5.56 Å². The van der Waals surface area contributed by atoms with E-state index >= 15 is 0 Å². The molecule has 0 heterocycles. The average Bonchev–Trinajstić information content (AvgIpc) is 2.18. The lowest BCUT2D eigenvalue weighted by Crippen LogP contribution is -1.79. The molecular formula is C12H9N. The molecule has 0 atom stereocenters. The maximum atomic E-state index is 8.74. The van der Waals surface area contributed by atoms with Gasteiger partial charge < -0.3 is 0 Å². The molecule has 0 N–H and O–H groups in total. The number of fused-ring (bicyclic) bond motifs is 1. The monoisotopic (exact) mass is 167 g/mol. The zero-order valence-electron chi connectivity index (χ0n) is 7.41. The Labute approximate surface area is 77.2 Å². The van der Waals surface area contributed by atoms with E-state index in [4.69, 9.17) is 5.26 Å². The summed E-state index contributed by atoms with van der Waals surface area (Å²) in [7, 11) is 0. The van der Waals surface area contributed by atoms with Crippen LogP contribution in [0.1, 0.15) is 11.1 Å². The Morgan fingerprint density at radius 3 is 2.77 bits per heavy atom. The van der Waals surface area contributed by atoms with Gasteiger partial charge in [0, 0.05) is 0 Å². The van der Waals surface area contributed by atoms with Gasteiger partial charge >= 0.3 is 0 Å². The summed E-state index contributed by atoms with van der Waals surface area (Å²) in [6, 6.07) is 14.1. The van der Waals surface area contributed by atoms with Gasteiger partial charge in [0.05, 0.1) is 11.6 Å². The molecule has 0 amide bonds. The second-order valence-electron chi connectivity index (χ2n) is 3.12. The van der Waals surface area contributed by atoms with Crippen molar-refractivity contribution >= 4 is 10.8 Å². The summed E-state index contributed by atoms with van der Waals surface area (Å²) in [5.41, 5.74) is 1.94. The van der Waals surface area contributed by atoms with E-state index in [9.17, 15) is 0 Å². The highest BCUT2D eigenvalue weighted by Crippen LogP contribution is 2.19. The predicted molar refractivity (Wildman–Crippen MR) is 53.4 cm³/mol. The van der Waals surface area contributed by atoms with Gasteiger partial charge in [-0.25, -0.2) is 0 Å². The van der Waals surface area contributed by atoms with Gasteiger partial charge in [-0.3, -0.25) is 0 Å². The Hall–Kier alpha value is -1.81. The van der Waals surface area contributed by atoms with Gasteiger partial charge in [-0.1, -0.05) is 24.3 Å². The second-order valence-corrected chi connectivity index (χ2v) is 3.12. The quantitative estimate of drug-likeness (QED) is 0.591. The van der Waals surface area contributed by atoms with Crippen LogP contribution in [-0.4, -0.2) is 0 Å². The highest BCUT2D eigenvalue weighted by atomic mass is 14.2. The molecule has 0 radical (unpaired) electrons. The number of rotatable bonds is 0. The topological polar surface area (TPSA) is 23.8 Å². The predicted octanol–water partition coefficient (Wildman–Crippen LogP) is 3.02. The maximum absolute atomic E-state index is 8.74. The number of nitrogens with zero attached hydrogens (tertiary/aromatic N) is 1. The van der Waals surface area contributed by atoms with Gasteiger partial charge in [-0.05, 0) is 35.4 Å². The van der Waals surface area contributed by atoms with E-state index in [1.165, 1.54) is 16.3 Å². The van der Waals surface area contributed by atoms with Gasteiger partial charge in [0.1, 0.15) is 0 Å². The minimum atomic E-state index is 0.724. The molecule has 13 heavy (non-hydrogen) atoms. The first kappa shape index (κ1) is 7.82. The zero-order valence-corrected chi connectivity index (χ0v) is 7.41. The fraction of sp³-hybridized carbons (Fsp3) is 0.0833. The van der Waals surface area contributed by atoms with E-state index in [1.54, 1.807) is 0 Å². The summed E-state index contributed by atoms with van der Waals surface area (Å²) in [6.07, 6.45) is 0. The van der Waals surface area contributed by atoms with Crippen molar-refractivity contribution in [3.63, 3.8) is 0 Å². The molecule has 0 aromatic heterocycles. The van der Waals surface area contributed by atoms with Crippen LogP contribution < -0.4 is 0 Å². The van der Waals surface area contributed by atoms with Crippen molar-refractivity contribution in [2.75, 3.05) is 0 Å². The Bertz CT molecular complexity index is 492. The third-order valence-electron chi connectivity index (χ3n) is 2.23. The van der Waals surface area contributed by atoms with E-state index < -0.39 is 0 Å². The van der Waals surface area contributed by atoms with Crippen molar-refractivity contribution in [1.29, 1.82) is 5.26 Å². The molecule has 0 unspecified atom stereocenters. The first-order valence-electron chi connectivity index (χ1n) is 4.21. The van der Waals surface area contributed by atoms with Crippen LogP contribution in [0.5, 0.6) is 0 Å². The van der Waals surface area contributed by atoms with Gasteiger partial charge in [0.15, 0.2) is 0 Å². The summed E-state index contributed by atoms with van der Waals surface area (Å²) < 4.78 is 0. The van der Waals surface area contributed by atoms with Crippen molar-refractivity contribution in [2.45, 2.75) is 6.92 Å². The molecule has 1 heteroatoms. The van der Waals surface area contributed by atoms with Crippen molar-refractivity contribution in [1.82, 2.24) is 0 Å². The normalized spacial score (nSPS) is 9.85. The molecule has 2 rings (SSSR count). The second kappa shape index (κ2) is 2.91. The van der Waals surface area contributed by atoms with Gasteiger partial charge in [0.2, 0.25) is 0 Å². The Morgan fingerprint density at radius 2 is 2.00 bits per heavy atom. The molecule has 0 fully saturated rings. The molecule has 0 saturated heterocycles. The molecule has 0 spiro atoms. The molecule has 0 aliphatic heterocycles. The minimum Gasteiger partial charge on any atom is -0.192 e. The number of hydrogen-bond acceptors (Lipinski definition) is 1. The molecule has 0 aliphatic rings. The molecule has 62 valence electrons. The summed E-state index contributed by atoms with van der Waals surface area (Å²) in [4.78, 5) is 0. The van der Waals surface area contributed by atoms with E-state index in [2.05, 4.69) is 25.1 Å². The van der Waals surface area contributed by atoms with Crippen molar-refractivity contribution in [3.05, 3.63) is 47.5 Å². The average molecular weight is 167 g/mol. The number of hydrogen-bond donors (Lipinski definition) is 0. The smallest absolute Gasteiger partial charge is 0.0991 e. The molecule has 1 nitrogen and oxygen atoms in total. The molecular weight excluding hydrogens is 158 g/mol. The third-order valence-corrected chi connectivity index (χ3v) is 2.23. The highest BCUT2D eigenvalue weighted by Gasteiger charge is 1.97. The van der Waals surface area contributed by atoms with Gasteiger partial charge in [0.25, 0.3) is 0 Å². The lowest BCUT2D eigenvalue weighted by molar-refractivity contribution is 1.48. The van der Waals surface area contributed by atoms with Crippen molar-refractivity contribution in [3.8, 4) is 6.07 Å². The largest absolute Gasteiger partial charge is 0.192 e. The van der Waals surface area contributed by atoms with Crippen LogP contribution in [0.4, 0.5) is 0 Å². The highest BCUT2D eigenvalue weighted by molar-refractivity contribution is 5.86. The van der Waals surface area contributed by atoms with Gasteiger partial charge in [-0.2, -0.15) is 5.26 Å². The van der Waals surface area contributed by atoms with Crippen molar-refractivity contribution in [2.24, 2.45) is 0 Å². The molecule has 2 aromatic carbocycles. The lowest BCUT2D eigenvalue weighted by atomic mass is 10.0.